The maximum Gasteiger partial charge on any atom is 0.240 e. The lowest BCUT2D eigenvalue weighted by Crippen LogP contribution is -2.27. The number of amides is 1. The van der Waals surface area contributed by atoms with Gasteiger partial charge in [0.05, 0.1) is 4.83 Å². The van der Waals surface area contributed by atoms with E-state index in [4.69, 9.17) is 0 Å². The third-order valence-corrected chi connectivity index (χ3v) is 4.62. The number of carbonyl (C=O) groups is 1. The van der Waals surface area contributed by atoms with Crippen LogP contribution >= 0.6 is 15.9 Å². The third kappa shape index (κ3) is 2.14. The lowest BCUT2D eigenvalue weighted by Gasteiger charge is -2.20. The molecule has 1 atom stereocenters. The molecule has 4 heteroatoms. The molecule has 1 aromatic carbocycles. The molecule has 1 amide bonds. The Bertz CT molecular complexity index is 440. The monoisotopic (exact) mass is 308 g/mol. The number of anilines is 2. The minimum atomic E-state index is -0.00393. The number of rotatable bonds is 2. The van der Waals surface area contributed by atoms with Gasteiger partial charge in [0.25, 0.3) is 0 Å². The standard InChI is InChI=1S/C14H17BrN2O/c15-13-7-10-17(14(13)18)12-5-3-11(4-6-12)16-8-1-2-9-16/h3-6,13H,1-2,7-10H2. The van der Waals surface area contributed by atoms with Crippen LogP contribution in [0.2, 0.25) is 0 Å². The van der Waals surface area contributed by atoms with Gasteiger partial charge in [-0.3, -0.25) is 4.79 Å². The minimum absolute atomic E-state index is 0.00393. The first kappa shape index (κ1) is 12.0. The van der Waals surface area contributed by atoms with Crippen LogP contribution in [0.25, 0.3) is 0 Å². The summed E-state index contributed by atoms with van der Waals surface area (Å²) in [6.07, 6.45) is 3.47. The largest absolute Gasteiger partial charge is 0.372 e. The summed E-state index contributed by atoms with van der Waals surface area (Å²) >= 11 is 3.41. The number of nitrogens with zero attached hydrogens (tertiary/aromatic N) is 2. The van der Waals surface area contributed by atoms with Gasteiger partial charge in [-0.25, -0.2) is 0 Å². The van der Waals surface area contributed by atoms with E-state index >= 15 is 0 Å². The van der Waals surface area contributed by atoms with Crippen LogP contribution in [0.5, 0.6) is 0 Å². The first-order valence-electron chi connectivity index (χ1n) is 6.56. The van der Waals surface area contributed by atoms with E-state index in [-0.39, 0.29) is 10.7 Å². The molecule has 0 bridgehead atoms. The van der Waals surface area contributed by atoms with Crippen molar-refractivity contribution in [2.24, 2.45) is 0 Å². The second-order valence-corrected chi connectivity index (χ2v) is 6.06. The number of hydrogen-bond donors (Lipinski definition) is 0. The molecule has 18 heavy (non-hydrogen) atoms. The summed E-state index contributed by atoms with van der Waals surface area (Å²) in [5.41, 5.74) is 2.29. The summed E-state index contributed by atoms with van der Waals surface area (Å²) in [4.78, 5) is 16.2. The van der Waals surface area contributed by atoms with Gasteiger partial charge in [0.2, 0.25) is 5.91 Å². The van der Waals surface area contributed by atoms with Crippen LogP contribution in [-0.4, -0.2) is 30.4 Å². The van der Waals surface area contributed by atoms with Gasteiger partial charge in [-0.1, -0.05) is 15.9 Å². The molecular formula is C14H17BrN2O. The summed E-state index contributed by atoms with van der Waals surface area (Å²) in [5.74, 6) is 0.184. The van der Waals surface area contributed by atoms with Gasteiger partial charge >= 0.3 is 0 Å². The molecule has 2 saturated heterocycles. The Morgan fingerprint density at radius 2 is 1.61 bits per heavy atom. The second kappa shape index (κ2) is 4.92. The molecule has 0 aromatic heterocycles. The third-order valence-electron chi connectivity index (χ3n) is 3.77. The number of alkyl halides is 1. The van der Waals surface area contributed by atoms with Gasteiger partial charge < -0.3 is 9.80 Å². The fourth-order valence-corrected chi connectivity index (χ4v) is 3.17. The molecule has 3 nitrogen and oxygen atoms in total. The number of hydrogen-bond acceptors (Lipinski definition) is 2. The molecule has 3 rings (SSSR count). The Kier molecular flexibility index (Phi) is 3.29. The summed E-state index contributed by atoms with van der Waals surface area (Å²) in [5, 5.41) is 0. The molecule has 0 aliphatic carbocycles. The van der Waals surface area contributed by atoms with Crippen molar-refractivity contribution < 1.29 is 4.79 Å². The number of benzene rings is 1. The summed E-state index contributed by atoms with van der Waals surface area (Å²) in [7, 11) is 0. The van der Waals surface area contributed by atoms with E-state index in [1.54, 1.807) is 0 Å². The highest BCUT2D eigenvalue weighted by molar-refractivity contribution is 9.10. The van der Waals surface area contributed by atoms with E-state index in [1.807, 2.05) is 4.90 Å². The van der Waals surface area contributed by atoms with Crippen LogP contribution in [0.15, 0.2) is 24.3 Å². The Hall–Kier alpha value is -1.03. The van der Waals surface area contributed by atoms with Crippen molar-refractivity contribution in [3.63, 3.8) is 0 Å². The van der Waals surface area contributed by atoms with Crippen LogP contribution in [-0.2, 0) is 4.79 Å². The Morgan fingerprint density at radius 1 is 1.00 bits per heavy atom. The van der Waals surface area contributed by atoms with Crippen LogP contribution in [0.4, 0.5) is 11.4 Å². The maximum absolute atomic E-state index is 11.9. The van der Waals surface area contributed by atoms with Gasteiger partial charge in [-0.05, 0) is 43.5 Å². The first-order valence-corrected chi connectivity index (χ1v) is 7.48. The summed E-state index contributed by atoms with van der Waals surface area (Å²) < 4.78 is 0. The highest BCUT2D eigenvalue weighted by atomic mass is 79.9. The molecule has 2 fully saturated rings. The van der Waals surface area contributed by atoms with Gasteiger partial charge in [0, 0.05) is 31.0 Å². The predicted molar refractivity (Wildman–Crippen MR) is 77.6 cm³/mol. The molecule has 2 aliphatic heterocycles. The molecule has 0 N–H and O–H groups in total. The van der Waals surface area contributed by atoms with Gasteiger partial charge in [0.1, 0.15) is 0 Å². The van der Waals surface area contributed by atoms with Crippen molar-refractivity contribution in [2.75, 3.05) is 29.4 Å². The van der Waals surface area contributed by atoms with Gasteiger partial charge in [-0.2, -0.15) is 0 Å². The highest BCUT2D eigenvalue weighted by Crippen LogP contribution is 2.28. The zero-order valence-electron chi connectivity index (χ0n) is 10.3. The average Bonchev–Trinajstić information content (AvgIpc) is 3.02. The maximum atomic E-state index is 11.9. The highest BCUT2D eigenvalue weighted by Gasteiger charge is 2.30. The quantitative estimate of drug-likeness (QED) is 0.784. The molecule has 0 spiro atoms. The van der Waals surface area contributed by atoms with Crippen molar-refractivity contribution in [1.82, 2.24) is 0 Å². The zero-order chi connectivity index (χ0) is 12.5. The summed E-state index contributed by atoms with van der Waals surface area (Å²) in [6.45, 7) is 3.13. The van der Waals surface area contributed by atoms with Crippen LogP contribution < -0.4 is 9.80 Å². The normalized spacial score (nSPS) is 24.1. The molecule has 1 unspecified atom stereocenters. The van der Waals surface area contributed by atoms with Crippen LogP contribution in [0.1, 0.15) is 19.3 Å². The lowest BCUT2D eigenvalue weighted by molar-refractivity contribution is -0.116. The van der Waals surface area contributed by atoms with Crippen molar-refractivity contribution in [2.45, 2.75) is 24.1 Å². The zero-order valence-corrected chi connectivity index (χ0v) is 11.9. The van der Waals surface area contributed by atoms with E-state index in [0.29, 0.717) is 0 Å². The van der Waals surface area contributed by atoms with Gasteiger partial charge in [-0.15, -0.1) is 0 Å². The molecular weight excluding hydrogens is 292 g/mol. The minimum Gasteiger partial charge on any atom is -0.372 e. The second-order valence-electron chi connectivity index (χ2n) is 4.96. The van der Waals surface area contributed by atoms with Crippen LogP contribution in [0.3, 0.4) is 0 Å². The van der Waals surface area contributed by atoms with E-state index in [1.165, 1.54) is 18.5 Å². The molecule has 1 aromatic rings. The number of carbonyl (C=O) groups excluding carboxylic acids is 1. The molecule has 96 valence electrons. The van der Waals surface area contributed by atoms with E-state index in [0.717, 1.165) is 31.7 Å². The van der Waals surface area contributed by atoms with Crippen molar-refractivity contribution >= 4 is 33.2 Å². The molecule has 2 heterocycles. The molecule has 2 aliphatic rings. The van der Waals surface area contributed by atoms with E-state index in [9.17, 15) is 4.79 Å². The van der Waals surface area contributed by atoms with Crippen LogP contribution in [0, 0.1) is 0 Å². The first-order chi connectivity index (χ1) is 8.75. The molecule has 0 saturated carbocycles. The predicted octanol–water partition coefficient (Wildman–Crippen LogP) is 2.79. The smallest absolute Gasteiger partial charge is 0.240 e. The summed E-state index contributed by atoms with van der Waals surface area (Å²) in [6, 6.07) is 8.40. The Labute approximate surface area is 116 Å². The van der Waals surface area contributed by atoms with Crippen molar-refractivity contribution in [3.05, 3.63) is 24.3 Å². The van der Waals surface area contributed by atoms with E-state index < -0.39 is 0 Å². The topological polar surface area (TPSA) is 23.6 Å². The fraction of sp³-hybridized carbons (Fsp3) is 0.500. The Morgan fingerprint density at radius 3 is 2.17 bits per heavy atom. The van der Waals surface area contributed by atoms with Crippen molar-refractivity contribution in [1.29, 1.82) is 0 Å². The SMILES string of the molecule is O=C1C(Br)CCN1c1ccc(N2CCCC2)cc1. The average molecular weight is 309 g/mol. The molecule has 0 radical (unpaired) electrons. The Balaban J connectivity index is 1.76. The van der Waals surface area contributed by atoms with Gasteiger partial charge in [0.15, 0.2) is 0 Å². The lowest BCUT2D eigenvalue weighted by atomic mass is 10.2. The van der Waals surface area contributed by atoms with Crippen molar-refractivity contribution in [3.8, 4) is 0 Å². The number of halogens is 1. The van der Waals surface area contributed by atoms with E-state index in [2.05, 4.69) is 45.1 Å². The fourth-order valence-electron chi connectivity index (χ4n) is 2.72.